The molecule has 0 radical (unpaired) electrons. The summed E-state index contributed by atoms with van der Waals surface area (Å²) in [6.45, 7) is 0. The molecule has 6 heteroatoms. The van der Waals surface area contributed by atoms with E-state index < -0.39 is 11.7 Å². The molecular weight excluding hydrogens is 291 g/mol. The summed E-state index contributed by atoms with van der Waals surface area (Å²) in [5, 5.41) is 0.369. The van der Waals surface area contributed by atoms with Crippen LogP contribution >= 0.6 is 11.6 Å². The molecule has 0 unspecified atom stereocenters. The van der Waals surface area contributed by atoms with Gasteiger partial charge in [0, 0.05) is 17.8 Å². The Balaban J connectivity index is 2.14. The molecule has 0 aliphatic heterocycles. The maximum atomic E-state index is 12.7. The maximum Gasteiger partial charge on any atom is 0.416 e. The van der Waals surface area contributed by atoms with Gasteiger partial charge < -0.3 is 4.42 Å². The maximum absolute atomic E-state index is 12.7. The fraction of sp³-hybridized carbons (Fsp3) is 0.0714. The van der Waals surface area contributed by atoms with Gasteiger partial charge in [0.05, 0.1) is 10.6 Å². The Labute approximate surface area is 116 Å². The average Bonchev–Trinajstić information content (AvgIpc) is 2.83. The molecule has 2 nitrogen and oxygen atoms in total. The standard InChI is InChI=1S/C14H7ClF3NO/c15-10-4-5-19-11-7-12(20-13(10)11)8-2-1-3-9(6-8)14(16,17)18/h1-7H. The van der Waals surface area contributed by atoms with E-state index in [0.717, 1.165) is 12.1 Å². The van der Waals surface area contributed by atoms with Crippen molar-refractivity contribution in [1.82, 2.24) is 4.98 Å². The minimum Gasteiger partial charge on any atom is -0.453 e. The molecule has 0 saturated carbocycles. The number of fused-ring (bicyclic) bond motifs is 1. The van der Waals surface area contributed by atoms with Gasteiger partial charge in [-0.05, 0) is 18.2 Å². The number of hydrogen-bond donors (Lipinski definition) is 0. The van der Waals surface area contributed by atoms with E-state index >= 15 is 0 Å². The van der Waals surface area contributed by atoms with Crippen LogP contribution in [0.1, 0.15) is 5.56 Å². The Morgan fingerprint density at radius 3 is 2.60 bits per heavy atom. The summed E-state index contributed by atoms with van der Waals surface area (Å²) < 4.78 is 43.6. The van der Waals surface area contributed by atoms with Crippen LogP contribution in [0.25, 0.3) is 22.4 Å². The first-order valence-electron chi connectivity index (χ1n) is 5.67. The van der Waals surface area contributed by atoms with Gasteiger partial charge in [-0.15, -0.1) is 0 Å². The van der Waals surface area contributed by atoms with Crippen molar-refractivity contribution in [3.8, 4) is 11.3 Å². The number of furan rings is 1. The highest BCUT2D eigenvalue weighted by atomic mass is 35.5. The normalized spacial score (nSPS) is 12.0. The molecule has 20 heavy (non-hydrogen) atoms. The number of aromatic nitrogens is 1. The van der Waals surface area contributed by atoms with E-state index in [4.69, 9.17) is 16.0 Å². The predicted molar refractivity (Wildman–Crippen MR) is 69.5 cm³/mol. The smallest absolute Gasteiger partial charge is 0.416 e. The van der Waals surface area contributed by atoms with Crippen LogP contribution in [0.4, 0.5) is 13.2 Å². The lowest BCUT2D eigenvalue weighted by atomic mass is 10.1. The van der Waals surface area contributed by atoms with Crippen LogP contribution in [0.2, 0.25) is 5.02 Å². The number of pyridine rings is 1. The zero-order valence-corrected chi connectivity index (χ0v) is 10.7. The zero-order valence-electron chi connectivity index (χ0n) is 9.91. The molecule has 3 aromatic rings. The predicted octanol–water partition coefficient (Wildman–Crippen LogP) is 5.17. The van der Waals surface area contributed by atoms with E-state index in [9.17, 15) is 13.2 Å². The van der Waals surface area contributed by atoms with E-state index in [1.165, 1.54) is 12.3 Å². The van der Waals surface area contributed by atoms with Crippen LogP contribution < -0.4 is 0 Å². The molecule has 0 aliphatic rings. The van der Waals surface area contributed by atoms with Crippen molar-refractivity contribution < 1.29 is 17.6 Å². The van der Waals surface area contributed by atoms with E-state index in [1.807, 2.05) is 0 Å². The summed E-state index contributed by atoms with van der Waals surface area (Å²) in [6.07, 6.45) is -2.88. The van der Waals surface area contributed by atoms with Gasteiger partial charge in [-0.25, -0.2) is 0 Å². The second kappa shape index (κ2) is 4.52. The van der Waals surface area contributed by atoms with Crippen molar-refractivity contribution in [2.45, 2.75) is 6.18 Å². The molecule has 102 valence electrons. The van der Waals surface area contributed by atoms with Gasteiger partial charge in [0.15, 0.2) is 5.58 Å². The van der Waals surface area contributed by atoms with E-state index in [1.54, 1.807) is 18.2 Å². The van der Waals surface area contributed by atoms with E-state index in [-0.39, 0.29) is 0 Å². The first-order chi connectivity index (χ1) is 9.45. The van der Waals surface area contributed by atoms with Crippen molar-refractivity contribution in [3.63, 3.8) is 0 Å². The molecule has 0 amide bonds. The van der Waals surface area contributed by atoms with Crippen LogP contribution in [0, 0.1) is 0 Å². The Hall–Kier alpha value is -2.01. The third-order valence-electron chi connectivity index (χ3n) is 2.84. The van der Waals surface area contributed by atoms with E-state index in [0.29, 0.717) is 27.4 Å². The molecule has 2 aromatic heterocycles. The summed E-state index contributed by atoms with van der Waals surface area (Å²) in [6, 6.07) is 8.05. The van der Waals surface area contributed by atoms with Gasteiger partial charge in [-0.2, -0.15) is 13.2 Å². The fourth-order valence-electron chi connectivity index (χ4n) is 1.90. The minimum absolute atomic E-state index is 0.298. The third kappa shape index (κ3) is 2.25. The molecule has 0 aliphatic carbocycles. The topological polar surface area (TPSA) is 26.0 Å². The molecule has 0 spiro atoms. The van der Waals surface area contributed by atoms with E-state index in [2.05, 4.69) is 4.98 Å². The number of hydrogen-bond acceptors (Lipinski definition) is 2. The van der Waals surface area contributed by atoms with Crippen LogP contribution in [0.5, 0.6) is 0 Å². The molecule has 1 aromatic carbocycles. The fourth-order valence-corrected chi connectivity index (χ4v) is 2.09. The van der Waals surface area contributed by atoms with Gasteiger partial charge in [-0.1, -0.05) is 23.7 Å². The van der Waals surface area contributed by atoms with Crippen LogP contribution in [-0.2, 0) is 6.18 Å². The monoisotopic (exact) mass is 297 g/mol. The SMILES string of the molecule is FC(F)(F)c1cccc(-c2cc3nccc(Cl)c3o2)c1. The summed E-state index contributed by atoms with van der Waals surface area (Å²) in [7, 11) is 0. The lowest BCUT2D eigenvalue weighted by Crippen LogP contribution is -2.04. The number of rotatable bonds is 1. The van der Waals surface area contributed by atoms with Crippen LogP contribution in [-0.4, -0.2) is 4.98 Å². The number of halogens is 4. The number of nitrogens with zero attached hydrogens (tertiary/aromatic N) is 1. The van der Waals surface area contributed by atoms with Crippen LogP contribution in [0.3, 0.4) is 0 Å². The molecule has 0 N–H and O–H groups in total. The summed E-state index contributed by atoms with van der Waals surface area (Å²) >= 11 is 5.95. The average molecular weight is 298 g/mol. The highest BCUT2D eigenvalue weighted by Gasteiger charge is 2.30. The Morgan fingerprint density at radius 2 is 1.90 bits per heavy atom. The van der Waals surface area contributed by atoms with Gasteiger partial charge in [0.25, 0.3) is 0 Å². The molecule has 0 saturated heterocycles. The molecule has 3 rings (SSSR count). The second-order valence-corrected chi connectivity index (χ2v) is 4.60. The van der Waals surface area contributed by atoms with Crippen molar-refractivity contribution in [3.05, 3.63) is 53.2 Å². The summed E-state index contributed by atoms with van der Waals surface area (Å²) in [4.78, 5) is 4.06. The third-order valence-corrected chi connectivity index (χ3v) is 3.14. The lowest BCUT2D eigenvalue weighted by Gasteiger charge is -2.07. The number of benzene rings is 1. The van der Waals surface area contributed by atoms with Crippen molar-refractivity contribution in [2.24, 2.45) is 0 Å². The first kappa shape index (κ1) is 13.0. The quantitative estimate of drug-likeness (QED) is 0.619. The highest BCUT2D eigenvalue weighted by Crippen LogP contribution is 2.34. The minimum atomic E-state index is -4.39. The largest absolute Gasteiger partial charge is 0.453 e. The lowest BCUT2D eigenvalue weighted by molar-refractivity contribution is -0.137. The summed E-state index contributed by atoms with van der Waals surface area (Å²) in [5.74, 6) is 0.298. The van der Waals surface area contributed by atoms with Crippen LogP contribution in [0.15, 0.2) is 47.0 Å². The molecule has 2 heterocycles. The van der Waals surface area contributed by atoms with Gasteiger partial charge >= 0.3 is 6.18 Å². The zero-order chi connectivity index (χ0) is 14.3. The van der Waals surface area contributed by atoms with Gasteiger partial charge in [-0.3, -0.25) is 4.98 Å². The molecule has 0 fully saturated rings. The van der Waals surface area contributed by atoms with Gasteiger partial charge in [0.1, 0.15) is 11.3 Å². The Kier molecular flexibility index (Phi) is 2.94. The highest BCUT2D eigenvalue weighted by molar-refractivity contribution is 6.34. The second-order valence-electron chi connectivity index (χ2n) is 4.20. The molecule has 0 atom stereocenters. The molecule has 0 bridgehead atoms. The summed E-state index contributed by atoms with van der Waals surface area (Å²) in [5.41, 5.74) is 0.467. The number of alkyl halides is 3. The Morgan fingerprint density at radius 1 is 1.10 bits per heavy atom. The van der Waals surface area contributed by atoms with Gasteiger partial charge in [0.2, 0.25) is 0 Å². The van der Waals surface area contributed by atoms with Crippen molar-refractivity contribution in [2.75, 3.05) is 0 Å². The Bertz CT molecular complexity index is 779. The van der Waals surface area contributed by atoms with Crippen molar-refractivity contribution in [1.29, 1.82) is 0 Å². The molecular formula is C14H7ClF3NO. The van der Waals surface area contributed by atoms with Crippen molar-refractivity contribution >= 4 is 22.7 Å². The first-order valence-corrected chi connectivity index (χ1v) is 6.04.